The van der Waals surface area contributed by atoms with Crippen molar-refractivity contribution < 1.29 is 4.79 Å². The molecule has 0 bridgehead atoms. The summed E-state index contributed by atoms with van der Waals surface area (Å²) in [6.45, 7) is 12.3. The van der Waals surface area contributed by atoms with Crippen molar-refractivity contribution in [3.05, 3.63) is 29.8 Å². The van der Waals surface area contributed by atoms with E-state index in [2.05, 4.69) is 62.2 Å². The van der Waals surface area contributed by atoms with Crippen LogP contribution in [0.3, 0.4) is 0 Å². The highest BCUT2D eigenvalue weighted by Gasteiger charge is 2.20. The van der Waals surface area contributed by atoms with Crippen LogP contribution in [0.15, 0.2) is 29.2 Å². The normalized spacial score (nSPS) is 16.8. The summed E-state index contributed by atoms with van der Waals surface area (Å²) in [5.74, 6) is 0.669. The number of hydrogen-bond acceptors (Lipinski definition) is 3. The first kappa shape index (κ1) is 20.3. The number of amides is 1. The molecule has 0 saturated carbocycles. The van der Waals surface area contributed by atoms with Crippen molar-refractivity contribution in [3.8, 4) is 0 Å². The molecule has 3 nitrogen and oxygen atoms in total. The highest BCUT2D eigenvalue weighted by Crippen LogP contribution is 2.25. The number of piperidine rings is 1. The zero-order valence-electron chi connectivity index (χ0n) is 16.3. The van der Waals surface area contributed by atoms with Crippen molar-refractivity contribution in [1.82, 2.24) is 10.2 Å². The van der Waals surface area contributed by atoms with Crippen LogP contribution in [0.2, 0.25) is 0 Å². The van der Waals surface area contributed by atoms with Crippen LogP contribution >= 0.6 is 11.8 Å². The zero-order valence-corrected chi connectivity index (χ0v) is 17.1. The molecule has 1 aliphatic heterocycles. The average molecular weight is 363 g/mol. The van der Waals surface area contributed by atoms with Gasteiger partial charge in [0, 0.05) is 24.0 Å². The average Bonchev–Trinajstić information content (AvgIpc) is 2.59. The van der Waals surface area contributed by atoms with Gasteiger partial charge in [-0.2, -0.15) is 0 Å². The van der Waals surface area contributed by atoms with Crippen LogP contribution in [-0.4, -0.2) is 42.2 Å². The third kappa shape index (κ3) is 7.02. The summed E-state index contributed by atoms with van der Waals surface area (Å²) in [6, 6.07) is 8.96. The lowest BCUT2D eigenvalue weighted by molar-refractivity contribution is -0.119. The Labute approximate surface area is 157 Å². The minimum Gasteiger partial charge on any atom is -0.353 e. The molecule has 1 N–H and O–H groups in total. The Kier molecular flexibility index (Phi) is 7.82. The maximum Gasteiger partial charge on any atom is 0.230 e. The third-order valence-electron chi connectivity index (χ3n) is 4.87. The van der Waals surface area contributed by atoms with Crippen molar-refractivity contribution in [2.45, 2.75) is 69.7 Å². The van der Waals surface area contributed by atoms with Gasteiger partial charge in [0.1, 0.15) is 0 Å². The number of rotatable bonds is 7. The number of nitrogens with one attached hydrogen (secondary N) is 1. The van der Waals surface area contributed by atoms with Gasteiger partial charge in [0.2, 0.25) is 5.91 Å². The van der Waals surface area contributed by atoms with Gasteiger partial charge in [-0.1, -0.05) is 46.2 Å². The molecule has 4 heteroatoms. The van der Waals surface area contributed by atoms with Crippen LogP contribution in [0.1, 0.15) is 58.9 Å². The van der Waals surface area contributed by atoms with Gasteiger partial charge in [0.25, 0.3) is 0 Å². The topological polar surface area (TPSA) is 32.3 Å². The number of hydrogen-bond donors (Lipinski definition) is 1. The molecule has 2 rings (SSSR count). The van der Waals surface area contributed by atoms with Gasteiger partial charge in [-0.25, -0.2) is 0 Å². The third-order valence-corrected chi connectivity index (χ3v) is 5.88. The van der Waals surface area contributed by atoms with Gasteiger partial charge in [-0.3, -0.25) is 4.79 Å². The molecule has 1 fully saturated rings. The Morgan fingerprint density at radius 3 is 2.40 bits per heavy atom. The number of unbranched alkanes of at least 4 members (excludes halogenated alkanes) is 1. The number of nitrogens with zero attached hydrogens (tertiary/aromatic N) is 1. The summed E-state index contributed by atoms with van der Waals surface area (Å²) < 4.78 is 0. The second kappa shape index (κ2) is 9.63. The van der Waals surface area contributed by atoms with E-state index in [-0.39, 0.29) is 11.3 Å². The molecular formula is C21H34N2OS. The number of likely N-dealkylation sites (tertiary alicyclic amines) is 1. The van der Waals surface area contributed by atoms with E-state index in [0.29, 0.717) is 11.8 Å². The molecule has 1 amide bonds. The smallest absolute Gasteiger partial charge is 0.230 e. The van der Waals surface area contributed by atoms with E-state index in [1.54, 1.807) is 11.8 Å². The van der Waals surface area contributed by atoms with Gasteiger partial charge < -0.3 is 10.2 Å². The van der Waals surface area contributed by atoms with Gasteiger partial charge >= 0.3 is 0 Å². The van der Waals surface area contributed by atoms with Crippen molar-refractivity contribution in [1.29, 1.82) is 0 Å². The SMILES string of the molecule is CCCCN1CCC(NC(=O)CSc2ccc(C(C)(C)C)cc2)CC1. The quantitative estimate of drug-likeness (QED) is 0.727. The van der Waals surface area contributed by atoms with E-state index in [4.69, 9.17) is 0 Å². The first-order valence-electron chi connectivity index (χ1n) is 9.63. The van der Waals surface area contributed by atoms with Crippen molar-refractivity contribution in [2.75, 3.05) is 25.4 Å². The fraction of sp³-hybridized carbons (Fsp3) is 0.667. The minimum absolute atomic E-state index is 0.164. The van der Waals surface area contributed by atoms with Gasteiger partial charge in [0.15, 0.2) is 0 Å². The summed E-state index contributed by atoms with van der Waals surface area (Å²) in [7, 11) is 0. The molecule has 140 valence electrons. The first-order chi connectivity index (χ1) is 11.9. The predicted molar refractivity (Wildman–Crippen MR) is 108 cm³/mol. The molecule has 0 unspecified atom stereocenters. The monoisotopic (exact) mass is 362 g/mol. The summed E-state index contributed by atoms with van der Waals surface area (Å²) in [5, 5.41) is 3.21. The molecule has 0 aromatic heterocycles. The van der Waals surface area contributed by atoms with Crippen LogP contribution in [-0.2, 0) is 10.2 Å². The predicted octanol–water partition coefficient (Wildman–Crippen LogP) is 4.46. The van der Waals surface area contributed by atoms with Crippen LogP contribution in [0.4, 0.5) is 0 Å². The van der Waals surface area contributed by atoms with Crippen molar-refractivity contribution in [2.24, 2.45) is 0 Å². The van der Waals surface area contributed by atoms with Crippen LogP contribution in [0.25, 0.3) is 0 Å². The zero-order chi connectivity index (χ0) is 18.3. The van der Waals surface area contributed by atoms with Crippen LogP contribution < -0.4 is 5.32 Å². The highest BCUT2D eigenvalue weighted by molar-refractivity contribution is 8.00. The molecule has 1 saturated heterocycles. The van der Waals surface area contributed by atoms with Gasteiger partial charge in [0.05, 0.1) is 5.75 Å². The largest absolute Gasteiger partial charge is 0.353 e. The maximum absolute atomic E-state index is 12.2. The molecule has 0 spiro atoms. The lowest BCUT2D eigenvalue weighted by Crippen LogP contribution is -2.45. The van der Waals surface area contributed by atoms with E-state index < -0.39 is 0 Å². The molecule has 1 aromatic rings. The van der Waals surface area contributed by atoms with E-state index >= 15 is 0 Å². The molecule has 25 heavy (non-hydrogen) atoms. The number of thioether (sulfide) groups is 1. The fourth-order valence-electron chi connectivity index (χ4n) is 3.15. The van der Waals surface area contributed by atoms with E-state index in [1.165, 1.54) is 24.9 Å². The Hall–Kier alpha value is -1.00. The van der Waals surface area contributed by atoms with Crippen molar-refractivity contribution in [3.63, 3.8) is 0 Å². The lowest BCUT2D eigenvalue weighted by Gasteiger charge is -2.32. The molecule has 0 radical (unpaired) electrons. The Bertz CT molecular complexity index is 528. The van der Waals surface area contributed by atoms with E-state index in [9.17, 15) is 4.79 Å². The minimum atomic E-state index is 0.164. The summed E-state index contributed by atoms with van der Waals surface area (Å²) in [4.78, 5) is 15.9. The fourth-order valence-corrected chi connectivity index (χ4v) is 3.86. The first-order valence-corrected chi connectivity index (χ1v) is 10.6. The second-order valence-corrected chi connectivity index (χ2v) is 9.15. The lowest BCUT2D eigenvalue weighted by atomic mass is 9.87. The number of carbonyl (C=O) groups is 1. The number of carbonyl (C=O) groups excluding carboxylic acids is 1. The van der Waals surface area contributed by atoms with Gasteiger partial charge in [-0.05, 0) is 48.9 Å². The maximum atomic E-state index is 12.2. The molecule has 0 aliphatic carbocycles. The molecular weight excluding hydrogens is 328 g/mol. The molecule has 0 atom stereocenters. The second-order valence-electron chi connectivity index (χ2n) is 8.10. The van der Waals surface area contributed by atoms with Gasteiger partial charge in [-0.15, -0.1) is 11.8 Å². The Balaban J connectivity index is 1.69. The highest BCUT2D eigenvalue weighted by atomic mass is 32.2. The molecule has 1 heterocycles. The summed E-state index contributed by atoms with van der Waals surface area (Å²) in [6.07, 6.45) is 4.70. The standard InChI is InChI=1S/C21H34N2OS/c1-5-6-13-23-14-11-18(12-15-23)22-20(24)16-25-19-9-7-17(8-10-19)21(2,3)4/h7-10,18H,5-6,11-16H2,1-4H3,(H,22,24). The molecule has 1 aliphatic rings. The van der Waals surface area contributed by atoms with Crippen LogP contribution in [0.5, 0.6) is 0 Å². The van der Waals surface area contributed by atoms with E-state index in [0.717, 1.165) is 30.8 Å². The van der Waals surface area contributed by atoms with E-state index in [1.807, 2.05) is 0 Å². The summed E-state index contributed by atoms with van der Waals surface area (Å²) in [5.41, 5.74) is 1.50. The summed E-state index contributed by atoms with van der Waals surface area (Å²) >= 11 is 1.63. The molecule has 1 aromatic carbocycles. The Morgan fingerprint density at radius 1 is 1.20 bits per heavy atom. The Morgan fingerprint density at radius 2 is 1.84 bits per heavy atom. The number of benzene rings is 1. The van der Waals surface area contributed by atoms with Crippen LogP contribution in [0, 0.1) is 0 Å². The van der Waals surface area contributed by atoms with Crippen molar-refractivity contribution >= 4 is 17.7 Å².